The molecule has 112 valence electrons. The Morgan fingerprint density at radius 1 is 1.48 bits per heavy atom. The van der Waals surface area contributed by atoms with E-state index in [0.717, 1.165) is 30.2 Å². The lowest BCUT2D eigenvalue weighted by Crippen LogP contribution is -2.43. The highest BCUT2D eigenvalue weighted by Gasteiger charge is 2.26. The second-order valence-electron chi connectivity index (χ2n) is 5.41. The van der Waals surface area contributed by atoms with Gasteiger partial charge in [-0.1, -0.05) is 31.7 Å². The SMILES string of the molecule is CCCNC(C)(C#N)CC(C)Sc1nnc2ccccn12. The summed E-state index contributed by atoms with van der Waals surface area (Å²) in [4.78, 5) is 0. The fourth-order valence-electron chi connectivity index (χ4n) is 2.25. The molecule has 0 aliphatic heterocycles. The van der Waals surface area contributed by atoms with Crippen LogP contribution in [0.2, 0.25) is 0 Å². The molecule has 0 amide bonds. The van der Waals surface area contributed by atoms with Crippen molar-refractivity contribution in [3.05, 3.63) is 24.4 Å². The summed E-state index contributed by atoms with van der Waals surface area (Å²) in [5.41, 5.74) is 0.350. The zero-order chi connectivity index (χ0) is 15.3. The molecule has 2 unspecified atom stereocenters. The number of pyridine rings is 1. The van der Waals surface area contributed by atoms with Gasteiger partial charge in [0.1, 0.15) is 5.54 Å². The minimum Gasteiger partial charge on any atom is -0.300 e. The van der Waals surface area contributed by atoms with Crippen LogP contribution in [-0.4, -0.2) is 31.9 Å². The van der Waals surface area contributed by atoms with Crippen molar-refractivity contribution in [3.63, 3.8) is 0 Å². The molecule has 0 aliphatic rings. The van der Waals surface area contributed by atoms with Gasteiger partial charge in [0.2, 0.25) is 0 Å². The van der Waals surface area contributed by atoms with Gasteiger partial charge in [-0.25, -0.2) is 0 Å². The molecule has 1 N–H and O–H groups in total. The van der Waals surface area contributed by atoms with E-state index in [0.29, 0.717) is 0 Å². The van der Waals surface area contributed by atoms with E-state index >= 15 is 0 Å². The van der Waals surface area contributed by atoms with E-state index in [1.807, 2.05) is 35.7 Å². The molecule has 2 heterocycles. The van der Waals surface area contributed by atoms with Crippen molar-refractivity contribution in [3.8, 4) is 6.07 Å². The molecule has 2 atom stereocenters. The lowest BCUT2D eigenvalue weighted by Gasteiger charge is -2.25. The Morgan fingerprint density at radius 2 is 2.29 bits per heavy atom. The van der Waals surface area contributed by atoms with Crippen LogP contribution in [0.4, 0.5) is 0 Å². The van der Waals surface area contributed by atoms with E-state index in [2.05, 4.69) is 35.4 Å². The normalized spacial score (nSPS) is 15.5. The van der Waals surface area contributed by atoms with E-state index in [4.69, 9.17) is 0 Å². The van der Waals surface area contributed by atoms with E-state index in [1.54, 1.807) is 11.8 Å². The highest BCUT2D eigenvalue weighted by atomic mass is 32.2. The molecule has 2 aromatic heterocycles. The first-order chi connectivity index (χ1) is 10.1. The molecule has 0 radical (unpaired) electrons. The second-order valence-corrected chi connectivity index (χ2v) is 6.82. The van der Waals surface area contributed by atoms with E-state index in [9.17, 15) is 5.26 Å². The number of nitrogens with one attached hydrogen (secondary N) is 1. The van der Waals surface area contributed by atoms with Gasteiger partial charge in [-0.2, -0.15) is 5.26 Å². The topological polar surface area (TPSA) is 66.0 Å². The Morgan fingerprint density at radius 3 is 3.00 bits per heavy atom. The van der Waals surface area contributed by atoms with Crippen LogP contribution in [0, 0.1) is 11.3 Å². The van der Waals surface area contributed by atoms with Gasteiger partial charge in [0.15, 0.2) is 10.8 Å². The molecule has 0 bridgehead atoms. The molecule has 6 heteroatoms. The van der Waals surface area contributed by atoms with Gasteiger partial charge in [-0.3, -0.25) is 9.72 Å². The van der Waals surface area contributed by atoms with E-state index in [-0.39, 0.29) is 5.25 Å². The Kier molecular flexibility index (Phi) is 5.21. The van der Waals surface area contributed by atoms with Crippen molar-refractivity contribution in [2.75, 3.05) is 6.54 Å². The molecule has 21 heavy (non-hydrogen) atoms. The summed E-state index contributed by atoms with van der Waals surface area (Å²) < 4.78 is 1.98. The number of thioether (sulfide) groups is 1. The van der Waals surface area contributed by atoms with Gasteiger partial charge in [0.05, 0.1) is 6.07 Å². The van der Waals surface area contributed by atoms with E-state index < -0.39 is 5.54 Å². The van der Waals surface area contributed by atoms with Gasteiger partial charge >= 0.3 is 0 Å². The molecule has 0 saturated carbocycles. The zero-order valence-electron chi connectivity index (χ0n) is 12.7. The highest BCUT2D eigenvalue weighted by molar-refractivity contribution is 7.99. The summed E-state index contributed by atoms with van der Waals surface area (Å²) >= 11 is 1.65. The Bertz CT molecular complexity index is 632. The quantitative estimate of drug-likeness (QED) is 0.797. The maximum Gasteiger partial charge on any atom is 0.195 e. The van der Waals surface area contributed by atoms with Gasteiger partial charge in [-0.15, -0.1) is 10.2 Å². The average Bonchev–Trinajstić information content (AvgIpc) is 2.88. The van der Waals surface area contributed by atoms with Crippen molar-refractivity contribution in [2.24, 2.45) is 0 Å². The predicted octanol–water partition coefficient (Wildman–Crippen LogP) is 2.88. The summed E-state index contributed by atoms with van der Waals surface area (Å²) in [6.45, 7) is 7.04. The smallest absolute Gasteiger partial charge is 0.195 e. The minimum absolute atomic E-state index is 0.270. The first-order valence-corrected chi connectivity index (χ1v) is 8.08. The van der Waals surface area contributed by atoms with Crippen molar-refractivity contribution in [2.45, 2.75) is 49.6 Å². The number of fused-ring (bicyclic) bond motifs is 1. The highest BCUT2D eigenvalue weighted by Crippen LogP contribution is 2.27. The van der Waals surface area contributed by atoms with Gasteiger partial charge < -0.3 is 0 Å². The largest absolute Gasteiger partial charge is 0.300 e. The summed E-state index contributed by atoms with van der Waals surface area (Å²) in [5.74, 6) is 0. The summed E-state index contributed by atoms with van der Waals surface area (Å²) in [5, 5.41) is 22.2. The number of aromatic nitrogens is 3. The Balaban J connectivity index is 2.04. The third-order valence-corrected chi connectivity index (χ3v) is 4.35. The fraction of sp³-hybridized carbons (Fsp3) is 0.533. The van der Waals surface area contributed by atoms with Crippen LogP contribution in [-0.2, 0) is 0 Å². The van der Waals surface area contributed by atoms with Crippen LogP contribution < -0.4 is 5.32 Å². The van der Waals surface area contributed by atoms with Crippen LogP contribution >= 0.6 is 11.8 Å². The first kappa shape index (κ1) is 15.8. The minimum atomic E-state index is -0.497. The van der Waals surface area contributed by atoms with Gasteiger partial charge in [0, 0.05) is 11.4 Å². The van der Waals surface area contributed by atoms with Crippen LogP contribution in [0.25, 0.3) is 5.65 Å². The maximum absolute atomic E-state index is 9.40. The lowest BCUT2D eigenvalue weighted by atomic mass is 9.98. The van der Waals surface area contributed by atoms with Crippen LogP contribution in [0.1, 0.15) is 33.6 Å². The molecule has 0 aliphatic carbocycles. The summed E-state index contributed by atoms with van der Waals surface area (Å²) in [6, 6.07) is 8.24. The standard InChI is InChI=1S/C15H21N5S/c1-4-8-17-15(3,11-16)10-12(2)21-14-19-18-13-7-5-6-9-20(13)14/h5-7,9,12,17H,4,8,10H2,1-3H3. The third kappa shape index (κ3) is 3.96. The third-order valence-electron chi connectivity index (χ3n) is 3.30. The second kappa shape index (κ2) is 6.92. The molecule has 0 saturated heterocycles. The number of nitriles is 1. The zero-order valence-corrected chi connectivity index (χ0v) is 13.5. The van der Waals surface area contributed by atoms with Gasteiger partial charge in [-0.05, 0) is 38.4 Å². The van der Waals surface area contributed by atoms with Crippen molar-refractivity contribution < 1.29 is 0 Å². The molecule has 2 aromatic rings. The van der Waals surface area contributed by atoms with Crippen LogP contribution in [0.15, 0.2) is 29.6 Å². The number of hydrogen-bond donors (Lipinski definition) is 1. The first-order valence-electron chi connectivity index (χ1n) is 7.20. The van der Waals surface area contributed by atoms with Crippen molar-refractivity contribution in [1.82, 2.24) is 19.9 Å². The van der Waals surface area contributed by atoms with Gasteiger partial charge in [0.25, 0.3) is 0 Å². The maximum atomic E-state index is 9.40. The molecular weight excluding hydrogens is 282 g/mol. The fourth-order valence-corrected chi connectivity index (χ4v) is 3.39. The molecule has 5 nitrogen and oxygen atoms in total. The Hall–Kier alpha value is -1.58. The van der Waals surface area contributed by atoms with Crippen molar-refractivity contribution in [1.29, 1.82) is 5.26 Å². The molecule has 0 fully saturated rings. The summed E-state index contributed by atoms with van der Waals surface area (Å²) in [7, 11) is 0. The monoisotopic (exact) mass is 303 g/mol. The number of rotatable bonds is 7. The van der Waals surface area contributed by atoms with Crippen LogP contribution in [0.5, 0.6) is 0 Å². The molecular formula is C15H21N5S. The molecule has 0 aromatic carbocycles. The van der Waals surface area contributed by atoms with Crippen molar-refractivity contribution >= 4 is 17.4 Å². The van der Waals surface area contributed by atoms with Crippen LogP contribution in [0.3, 0.4) is 0 Å². The average molecular weight is 303 g/mol. The summed E-state index contributed by atoms with van der Waals surface area (Å²) in [6.07, 6.45) is 3.74. The predicted molar refractivity (Wildman–Crippen MR) is 85.2 cm³/mol. The number of hydrogen-bond acceptors (Lipinski definition) is 5. The molecule has 2 rings (SSSR count). The van der Waals surface area contributed by atoms with E-state index in [1.165, 1.54) is 0 Å². The molecule has 0 spiro atoms. The lowest BCUT2D eigenvalue weighted by molar-refractivity contribution is 0.418. The number of nitrogens with zero attached hydrogens (tertiary/aromatic N) is 4. The Labute approximate surface area is 129 Å².